The second-order valence-corrected chi connectivity index (χ2v) is 6.74. The summed E-state index contributed by atoms with van der Waals surface area (Å²) in [6.45, 7) is 5.98. The topological polar surface area (TPSA) is 54.1 Å². The number of amides is 1. The van der Waals surface area contributed by atoms with Crippen molar-refractivity contribution >= 4 is 22.5 Å². The standard InChI is InChI=1S/C21H24N2O2/c1-5-14-6-8-15(9-7-14)23-20(24)21(2,3)18-13-22-19-11-10-16(25-4)12-17(18)19/h6-13,22H,5H2,1-4H3,(H,23,24). The number of aromatic nitrogens is 1. The number of hydrogen-bond acceptors (Lipinski definition) is 2. The second-order valence-electron chi connectivity index (χ2n) is 6.74. The van der Waals surface area contributed by atoms with Gasteiger partial charge in [-0.15, -0.1) is 0 Å². The monoisotopic (exact) mass is 336 g/mol. The first-order chi connectivity index (χ1) is 12.0. The summed E-state index contributed by atoms with van der Waals surface area (Å²) in [4.78, 5) is 16.2. The molecule has 0 aliphatic rings. The first kappa shape index (κ1) is 17.1. The van der Waals surface area contributed by atoms with Crippen molar-refractivity contribution < 1.29 is 9.53 Å². The minimum atomic E-state index is -0.686. The van der Waals surface area contributed by atoms with Crippen LogP contribution in [-0.4, -0.2) is 18.0 Å². The van der Waals surface area contributed by atoms with E-state index < -0.39 is 5.41 Å². The van der Waals surface area contributed by atoms with Crippen LogP contribution < -0.4 is 10.1 Å². The van der Waals surface area contributed by atoms with Gasteiger partial charge in [-0.3, -0.25) is 4.79 Å². The predicted octanol–water partition coefficient (Wildman–Crippen LogP) is 4.66. The van der Waals surface area contributed by atoms with Gasteiger partial charge in [0.25, 0.3) is 0 Å². The van der Waals surface area contributed by atoms with Gasteiger partial charge in [-0.25, -0.2) is 0 Å². The van der Waals surface area contributed by atoms with Crippen LogP contribution in [-0.2, 0) is 16.6 Å². The highest BCUT2D eigenvalue weighted by Gasteiger charge is 2.32. The Bertz CT molecular complexity index is 892. The summed E-state index contributed by atoms with van der Waals surface area (Å²) < 4.78 is 5.32. The van der Waals surface area contributed by atoms with E-state index in [1.165, 1.54) is 5.56 Å². The van der Waals surface area contributed by atoms with Gasteiger partial charge in [0.1, 0.15) is 5.75 Å². The number of hydrogen-bond donors (Lipinski definition) is 2. The van der Waals surface area contributed by atoms with Gasteiger partial charge in [0.2, 0.25) is 5.91 Å². The normalized spacial score (nSPS) is 11.5. The Balaban J connectivity index is 1.90. The molecule has 0 unspecified atom stereocenters. The molecule has 0 bridgehead atoms. The van der Waals surface area contributed by atoms with E-state index >= 15 is 0 Å². The van der Waals surface area contributed by atoms with Crippen LogP contribution in [0.2, 0.25) is 0 Å². The van der Waals surface area contributed by atoms with Gasteiger partial charge < -0.3 is 15.0 Å². The van der Waals surface area contributed by atoms with Gasteiger partial charge >= 0.3 is 0 Å². The number of fused-ring (bicyclic) bond motifs is 1. The lowest BCUT2D eigenvalue weighted by Gasteiger charge is -2.23. The molecule has 4 nitrogen and oxygen atoms in total. The van der Waals surface area contributed by atoms with Gasteiger partial charge in [-0.05, 0) is 61.7 Å². The lowest BCUT2D eigenvalue weighted by molar-refractivity contribution is -0.120. The zero-order valence-corrected chi connectivity index (χ0v) is 15.1. The SMILES string of the molecule is CCc1ccc(NC(=O)C(C)(C)c2c[nH]c3ccc(OC)cc23)cc1. The Labute approximate surface area is 148 Å². The van der Waals surface area contributed by atoms with E-state index in [2.05, 4.69) is 17.2 Å². The van der Waals surface area contributed by atoms with Crippen LogP contribution in [0.25, 0.3) is 10.9 Å². The molecule has 0 aliphatic carbocycles. The third kappa shape index (κ3) is 3.25. The van der Waals surface area contributed by atoms with Gasteiger partial charge in [0, 0.05) is 22.8 Å². The molecule has 0 spiro atoms. The van der Waals surface area contributed by atoms with Crippen LogP contribution in [0.4, 0.5) is 5.69 Å². The van der Waals surface area contributed by atoms with Crippen molar-refractivity contribution in [3.63, 3.8) is 0 Å². The van der Waals surface area contributed by atoms with E-state index in [4.69, 9.17) is 4.74 Å². The number of benzene rings is 2. The minimum Gasteiger partial charge on any atom is -0.497 e. The van der Waals surface area contributed by atoms with E-state index in [0.29, 0.717) is 0 Å². The molecule has 2 aromatic carbocycles. The van der Waals surface area contributed by atoms with Crippen LogP contribution in [0, 0.1) is 0 Å². The predicted molar refractivity (Wildman–Crippen MR) is 102 cm³/mol. The van der Waals surface area contributed by atoms with Gasteiger partial charge in [-0.1, -0.05) is 19.1 Å². The number of anilines is 1. The van der Waals surface area contributed by atoms with Crippen molar-refractivity contribution in [2.75, 3.05) is 12.4 Å². The fourth-order valence-corrected chi connectivity index (χ4v) is 2.98. The summed E-state index contributed by atoms with van der Waals surface area (Å²) in [5.74, 6) is 0.736. The summed E-state index contributed by atoms with van der Waals surface area (Å²) in [6, 6.07) is 13.8. The van der Waals surface area contributed by atoms with Gasteiger partial charge in [0.15, 0.2) is 0 Å². The maximum Gasteiger partial charge on any atom is 0.234 e. The van der Waals surface area contributed by atoms with E-state index in [-0.39, 0.29) is 5.91 Å². The molecule has 1 aromatic heterocycles. The van der Waals surface area contributed by atoms with Crippen molar-refractivity contribution in [1.29, 1.82) is 0 Å². The van der Waals surface area contributed by atoms with Crippen LogP contribution in [0.5, 0.6) is 5.75 Å². The van der Waals surface area contributed by atoms with Crippen molar-refractivity contribution in [2.24, 2.45) is 0 Å². The summed E-state index contributed by atoms with van der Waals surface area (Å²) in [6.07, 6.45) is 2.89. The Kier molecular flexibility index (Phi) is 4.53. The molecule has 0 saturated carbocycles. The molecular weight excluding hydrogens is 312 g/mol. The molecule has 2 N–H and O–H groups in total. The summed E-state index contributed by atoms with van der Waals surface area (Å²) in [5.41, 5.74) is 3.32. The molecule has 0 aliphatic heterocycles. The van der Waals surface area contributed by atoms with Crippen LogP contribution in [0.1, 0.15) is 31.9 Å². The number of rotatable bonds is 5. The molecule has 1 heterocycles. The molecule has 0 fully saturated rings. The first-order valence-corrected chi connectivity index (χ1v) is 8.51. The largest absolute Gasteiger partial charge is 0.497 e. The van der Waals surface area contributed by atoms with Gasteiger partial charge in [-0.2, -0.15) is 0 Å². The number of H-pyrrole nitrogens is 1. The Morgan fingerprint density at radius 2 is 1.88 bits per heavy atom. The van der Waals surface area contributed by atoms with Crippen molar-refractivity contribution in [3.8, 4) is 5.75 Å². The quantitative estimate of drug-likeness (QED) is 0.712. The lowest BCUT2D eigenvalue weighted by atomic mass is 9.83. The van der Waals surface area contributed by atoms with Crippen LogP contribution >= 0.6 is 0 Å². The smallest absolute Gasteiger partial charge is 0.234 e. The fourth-order valence-electron chi connectivity index (χ4n) is 2.98. The number of carbonyl (C=O) groups is 1. The molecule has 1 amide bonds. The highest BCUT2D eigenvalue weighted by atomic mass is 16.5. The number of nitrogens with one attached hydrogen (secondary N) is 2. The highest BCUT2D eigenvalue weighted by molar-refractivity contribution is 6.02. The summed E-state index contributed by atoms with van der Waals surface area (Å²) >= 11 is 0. The highest BCUT2D eigenvalue weighted by Crippen LogP contribution is 2.33. The van der Waals surface area contributed by atoms with Crippen LogP contribution in [0.3, 0.4) is 0 Å². The zero-order chi connectivity index (χ0) is 18.0. The van der Waals surface area contributed by atoms with E-state index in [1.54, 1.807) is 7.11 Å². The molecule has 0 radical (unpaired) electrons. The third-order valence-corrected chi connectivity index (χ3v) is 4.75. The van der Waals surface area contributed by atoms with Crippen molar-refractivity contribution in [3.05, 3.63) is 59.8 Å². The van der Waals surface area contributed by atoms with E-state index in [0.717, 1.165) is 34.3 Å². The third-order valence-electron chi connectivity index (χ3n) is 4.75. The molecule has 4 heteroatoms. The molecule has 3 aromatic rings. The number of carbonyl (C=O) groups excluding carboxylic acids is 1. The molecule has 0 saturated heterocycles. The maximum absolute atomic E-state index is 12.9. The average molecular weight is 336 g/mol. The molecular formula is C21H24N2O2. The van der Waals surface area contributed by atoms with Crippen molar-refractivity contribution in [1.82, 2.24) is 4.98 Å². The molecule has 0 atom stereocenters. The number of methoxy groups -OCH3 is 1. The average Bonchev–Trinajstić information content (AvgIpc) is 3.06. The number of ether oxygens (including phenoxy) is 1. The summed E-state index contributed by atoms with van der Waals surface area (Å²) in [5, 5.41) is 4.03. The summed E-state index contributed by atoms with van der Waals surface area (Å²) in [7, 11) is 1.64. The van der Waals surface area contributed by atoms with E-state index in [9.17, 15) is 4.79 Å². The molecule has 130 valence electrons. The zero-order valence-electron chi connectivity index (χ0n) is 15.1. The van der Waals surface area contributed by atoms with E-state index in [1.807, 2.05) is 62.5 Å². The fraction of sp³-hybridized carbons (Fsp3) is 0.286. The molecule has 3 rings (SSSR count). The first-order valence-electron chi connectivity index (χ1n) is 8.51. The molecule has 25 heavy (non-hydrogen) atoms. The Morgan fingerprint density at radius 1 is 1.16 bits per heavy atom. The van der Waals surface area contributed by atoms with Gasteiger partial charge in [0.05, 0.1) is 12.5 Å². The number of aryl methyl sites for hydroxylation is 1. The number of aromatic amines is 1. The maximum atomic E-state index is 12.9. The Morgan fingerprint density at radius 3 is 2.52 bits per heavy atom. The second kappa shape index (κ2) is 6.63. The lowest BCUT2D eigenvalue weighted by Crippen LogP contribution is -2.34. The van der Waals surface area contributed by atoms with Crippen LogP contribution in [0.15, 0.2) is 48.7 Å². The Hall–Kier alpha value is -2.75. The minimum absolute atomic E-state index is 0.0412. The van der Waals surface area contributed by atoms with Crippen molar-refractivity contribution in [2.45, 2.75) is 32.6 Å².